The Morgan fingerprint density at radius 2 is 0.730 bits per heavy atom. The topological polar surface area (TPSA) is 16.4 Å². The van der Waals surface area contributed by atoms with Gasteiger partial charge in [0.15, 0.2) is 0 Å². The van der Waals surface area contributed by atoms with Crippen molar-refractivity contribution in [2.45, 2.75) is 5.41 Å². The zero-order chi connectivity index (χ0) is 41.2. The molecule has 0 bridgehead atoms. The van der Waals surface area contributed by atoms with Crippen LogP contribution in [0.1, 0.15) is 22.3 Å². The zero-order valence-electron chi connectivity index (χ0n) is 34.2. The van der Waals surface area contributed by atoms with Crippen LogP contribution in [0.2, 0.25) is 0 Å². The van der Waals surface area contributed by atoms with Crippen molar-refractivity contribution in [1.82, 2.24) is 0 Å². The van der Waals surface area contributed by atoms with Gasteiger partial charge in [0.2, 0.25) is 0 Å². The lowest BCUT2D eigenvalue weighted by atomic mass is 9.70. The van der Waals surface area contributed by atoms with Crippen molar-refractivity contribution >= 4 is 71.3 Å². The van der Waals surface area contributed by atoms with Gasteiger partial charge in [-0.05, 0) is 131 Å². The Labute approximate surface area is 364 Å². The van der Waals surface area contributed by atoms with Gasteiger partial charge >= 0.3 is 0 Å². The highest BCUT2D eigenvalue weighted by Crippen LogP contribution is 2.63. The average molecular weight is 800 g/mol. The van der Waals surface area contributed by atoms with Gasteiger partial charge in [0, 0.05) is 27.7 Å². The second-order valence-corrected chi connectivity index (χ2v) is 17.1. The Hall–Kier alpha value is -8.20. The number of para-hydroxylation sites is 2. The molecular formula is C61H37NO. The highest BCUT2D eigenvalue weighted by atomic mass is 16.3. The molecule has 2 aliphatic carbocycles. The van der Waals surface area contributed by atoms with Crippen molar-refractivity contribution in [3.05, 3.63) is 247 Å². The summed E-state index contributed by atoms with van der Waals surface area (Å²) < 4.78 is 6.49. The molecule has 2 aliphatic rings. The van der Waals surface area contributed by atoms with E-state index >= 15 is 0 Å². The molecule has 1 heterocycles. The summed E-state index contributed by atoms with van der Waals surface area (Å²) in [5, 5.41) is 9.79. The maximum absolute atomic E-state index is 6.49. The summed E-state index contributed by atoms with van der Waals surface area (Å²) in [4.78, 5) is 2.49. The van der Waals surface area contributed by atoms with E-state index in [1.165, 1.54) is 76.8 Å². The van der Waals surface area contributed by atoms with E-state index in [1.54, 1.807) is 0 Å². The van der Waals surface area contributed by atoms with Gasteiger partial charge in [-0.15, -0.1) is 0 Å². The molecule has 0 amide bonds. The third-order valence-electron chi connectivity index (χ3n) is 14.1. The molecule has 0 fully saturated rings. The number of fused-ring (bicyclic) bond motifs is 19. The molecule has 1 spiro atoms. The predicted octanol–water partition coefficient (Wildman–Crippen LogP) is 16.5. The first-order valence-electron chi connectivity index (χ1n) is 21.8. The minimum Gasteiger partial charge on any atom is -0.456 e. The maximum atomic E-state index is 6.49. The van der Waals surface area contributed by atoms with E-state index in [9.17, 15) is 0 Å². The van der Waals surface area contributed by atoms with Crippen LogP contribution in [0.5, 0.6) is 0 Å². The molecule has 11 aromatic carbocycles. The van der Waals surface area contributed by atoms with Crippen molar-refractivity contribution in [1.29, 1.82) is 0 Å². The summed E-state index contributed by atoms with van der Waals surface area (Å²) in [6, 6.07) is 83.0. The molecule has 2 heteroatoms. The normalized spacial score (nSPS) is 13.2. The molecule has 14 rings (SSSR count). The van der Waals surface area contributed by atoms with Crippen LogP contribution in [-0.4, -0.2) is 0 Å². The van der Waals surface area contributed by atoms with E-state index in [1.807, 2.05) is 6.07 Å². The lowest BCUT2D eigenvalue weighted by molar-refractivity contribution is 0.669. The molecule has 292 valence electrons. The van der Waals surface area contributed by atoms with Crippen molar-refractivity contribution in [2.24, 2.45) is 0 Å². The summed E-state index contributed by atoms with van der Waals surface area (Å²) in [6.07, 6.45) is 0. The van der Waals surface area contributed by atoms with Crippen LogP contribution in [-0.2, 0) is 5.41 Å². The molecule has 0 unspecified atom stereocenters. The number of nitrogens with zero attached hydrogens (tertiary/aromatic N) is 1. The van der Waals surface area contributed by atoms with Gasteiger partial charge in [0.25, 0.3) is 0 Å². The standard InChI is InChI=1S/C61H37NO/c1-2-18-44-42(16-1)43-17-3-4-19-45(43)53-36-39(30-33-46(44)53)62(58-27-13-8-15-41(58)38-29-32-52-51-23-9-14-28-59(51)63-60(52)35-38)40-31-34-50-49-22-7-12-26-56(49)61(57(50)37-40)54-24-10-5-20-47(54)48-21-6-11-25-55(48)61/h1-37H. The van der Waals surface area contributed by atoms with Gasteiger partial charge in [0.05, 0.1) is 11.1 Å². The molecule has 0 saturated heterocycles. The van der Waals surface area contributed by atoms with Crippen molar-refractivity contribution in [3.8, 4) is 33.4 Å². The van der Waals surface area contributed by atoms with Crippen LogP contribution in [0.3, 0.4) is 0 Å². The number of hydrogen-bond donors (Lipinski definition) is 0. The highest BCUT2D eigenvalue weighted by Gasteiger charge is 2.51. The van der Waals surface area contributed by atoms with Crippen LogP contribution in [0.25, 0.3) is 87.6 Å². The van der Waals surface area contributed by atoms with Gasteiger partial charge in [-0.2, -0.15) is 0 Å². The van der Waals surface area contributed by atoms with Crippen molar-refractivity contribution in [3.63, 3.8) is 0 Å². The maximum Gasteiger partial charge on any atom is 0.136 e. The van der Waals surface area contributed by atoms with Crippen LogP contribution in [0.15, 0.2) is 229 Å². The second-order valence-electron chi connectivity index (χ2n) is 17.1. The molecule has 0 N–H and O–H groups in total. The van der Waals surface area contributed by atoms with Crippen molar-refractivity contribution in [2.75, 3.05) is 4.90 Å². The monoisotopic (exact) mass is 799 g/mol. The molecular weight excluding hydrogens is 763 g/mol. The molecule has 12 aromatic rings. The van der Waals surface area contributed by atoms with Crippen LogP contribution in [0.4, 0.5) is 17.1 Å². The van der Waals surface area contributed by atoms with Gasteiger partial charge < -0.3 is 9.32 Å². The smallest absolute Gasteiger partial charge is 0.136 e. The summed E-state index contributed by atoms with van der Waals surface area (Å²) in [6.45, 7) is 0. The fourth-order valence-corrected chi connectivity index (χ4v) is 11.5. The van der Waals surface area contributed by atoms with E-state index in [-0.39, 0.29) is 0 Å². The summed E-state index contributed by atoms with van der Waals surface area (Å²) in [5.74, 6) is 0. The fraction of sp³-hybridized carbons (Fsp3) is 0.0164. The number of benzene rings is 11. The Kier molecular flexibility index (Phi) is 7.07. The molecule has 0 aliphatic heterocycles. The quantitative estimate of drug-likeness (QED) is 0.165. The molecule has 0 saturated carbocycles. The Morgan fingerprint density at radius 3 is 1.38 bits per heavy atom. The van der Waals surface area contributed by atoms with Crippen LogP contribution < -0.4 is 4.90 Å². The Morgan fingerprint density at radius 1 is 0.286 bits per heavy atom. The van der Waals surface area contributed by atoms with E-state index < -0.39 is 5.41 Å². The highest BCUT2D eigenvalue weighted by molar-refractivity contribution is 6.26. The largest absolute Gasteiger partial charge is 0.456 e. The Bertz CT molecular complexity index is 3790. The van der Waals surface area contributed by atoms with Gasteiger partial charge in [-0.3, -0.25) is 0 Å². The molecule has 0 atom stereocenters. The number of anilines is 3. The minimum atomic E-state index is -0.467. The lowest BCUT2D eigenvalue weighted by Gasteiger charge is -2.33. The van der Waals surface area contributed by atoms with Gasteiger partial charge in [-0.1, -0.05) is 176 Å². The summed E-state index contributed by atoms with van der Waals surface area (Å²) in [5.41, 5.74) is 17.3. The Balaban J connectivity index is 1.06. The van der Waals surface area contributed by atoms with Gasteiger partial charge in [0.1, 0.15) is 11.2 Å². The molecule has 63 heavy (non-hydrogen) atoms. The van der Waals surface area contributed by atoms with E-state index in [4.69, 9.17) is 4.42 Å². The average Bonchev–Trinajstić information content (AvgIpc) is 3.98. The number of rotatable bonds is 4. The second kappa shape index (κ2) is 12.9. The van der Waals surface area contributed by atoms with Crippen LogP contribution in [0, 0.1) is 0 Å². The van der Waals surface area contributed by atoms with Crippen LogP contribution >= 0.6 is 0 Å². The lowest BCUT2D eigenvalue weighted by Crippen LogP contribution is -2.26. The minimum absolute atomic E-state index is 0.467. The summed E-state index contributed by atoms with van der Waals surface area (Å²) in [7, 11) is 0. The SMILES string of the molecule is c1ccc(N(c2ccc3c(c2)C2(c4ccccc4-c4ccccc42)c2ccccc2-3)c2ccc3c4ccccc4c4ccccc4c3c2)c(-c2ccc3c(c2)oc2ccccc23)c1. The first-order valence-corrected chi connectivity index (χ1v) is 21.8. The van der Waals surface area contributed by atoms with E-state index in [0.717, 1.165) is 50.1 Å². The van der Waals surface area contributed by atoms with Gasteiger partial charge in [-0.25, -0.2) is 0 Å². The predicted molar refractivity (Wildman–Crippen MR) is 263 cm³/mol. The third kappa shape index (κ3) is 4.67. The van der Waals surface area contributed by atoms with E-state index in [0.29, 0.717) is 0 Å². The molecule has 2 nitrogen and oxygen atoms in total. The first kappa shape index (κ1) is 34.5. The first-order chi connectivity index (χ1) is 31.3. The third-order valence-corrected chi connectivity index (χ3v) is 14.1. The van der Waals surface area contributed by atoms with Crippen molar-refractivity contribution < 1.29 is 4.42 Å². The number of furan rings is 1. The molecule has 0 radical (unpaired) electrons. The summed E-state index contributed by atoms with van der Waals surface area (Å²) >= 11 is 0. The zero-order valence-corrected chi connectivity index (χ0v) is 34.2. The van der Waals surface area contributed by atoms with E-state index in [2.05, 4.69) is 223 Å². The number of hydrogen-bond acceptors (Lipinski definition) is 2. The fourth-order valence-electron chi connectivity index (χ4n) is 11.5. The molecule has 1 aromatic heterocycles.